The fraction of sp³-hybridized carbons (Fsp3) is 0.923. The van der Waals surface area contributed by atoms with Crippen molar-refractivity contribution < 1.29 is 9.53 Å². The lowest BCUT2D eigenvalue weighted by Crippen LogP contribution is -2.51. The van der Waals surface area contributed by atoms with E-state index in [9.17, 15) is 4.79 Å². The first-order chi connectivity index (χ1) is 8.63. The second-order valence-electron chi connectivity index (χ2n) is 5.58. The quantitative estimate of drug-likeness (QED) is 0.757. The molecule has 0 radical (unpaired) electrons. The van der Waals surface area contributed by atoms with Crippen LogP contribution < -0.4 is 5.32 Å². The maximum atomic E-state index is 12.5. The van der Waals surface area contributed by atoms with Gasteiger partial charge in [-0.25, -0.2) is 0 Å². The number of likely N-dealkylation sites (tertiary alicyclic amines) is 1. The average Bonchev–Trinajstić information content (AvgIpc) is 2.86. The summed E-state index contributed by atoms with van der Waals surface area (Å²) in [6.07, 6.45) is 2.29. The zero-order chi connectivity index (χ0) is 13.1. The van der Waals surface area contributed by atoms with Gasteiger partial charge in [-0.2, -0.15) is 0 Å². The number of hydrogen-bond acceptors (Lipinski definition) is 4. The van der Waals surface area contributed by atoms with Gasteiger partial charge in [0.1, 0.15) is 0 Å². The number of carbonyl (C=O) groups is 1. The fourth-order valence-corrected chi connectivity index (χ4v) is 2.89. The van der Waals surface area contributed by atoms with Gasteiger partial charge in [-0.1, -0.05) is 0 Å². The van der Waals surface area contributed by atoms with E-state index >= 15 is 0 Å². The number of rotatable bonds is 3. The van der Waals surface area contributed by atoms with Crippen LogP contribution in [0.1, 0.15) is 12.8 Å². The summed E-state index contributed by atoms with van der Waals surface area (Å²) in [4.78, 5) is 16.8. The highest BCUT2D eigenvalue weighted by Crippen LogP contribution is 2.20. The van der Waals surface area contributed by atoms with E-state index in [1.54, 1.807) is 0 Å². The molecule has 0 saturated carbocycles. The van der Waals surface area contributed by atoms with Crippen molar-refractivity contribution in [1.82, 2.24) is 15.1 Å². The molecular weight excluding hydrogens is 230 g/mol. The predicted octanol–water partition coefficient (Wildman–Crippen LogP) is -0.227. The highest BCUT2D eigenvalue weighted by Gasteiger charge is 2.37. The second kappa shape index (κ2) is 5.99. The van der Waals surface area contributed by atoms with Gasteiger partial charge in [0, 0.05) is 25.2 Å². The van der Waals surface area contributed by atoms with Gasteiger partial charge in [-0.15, -0.1) is 0 Å². The Morgan fingerprint density at radius 1 is 1.39 bits per heavy atom. The molecule has 2 rings (SSSR count). The Balaban J connectivity index is 1.96. The lowest BCUT2D eigenvalue weighted by molar-refractivity contribution is -0.138. The third-order valence-electron chi connectivity index (χ3n) is 4.21. The number of carbonyl (C=O) groups excluding carboxylic acids is 1. The Morgan fingerprint density at radius 3 is 2.83 bits per heavy atom. The Bertz CT molecular complexity index is 296. The molecule has 5 heteroatoms. The molecule has 0 aliphatic carbocycles. The number of hydrogen-bond donors (Lipinski definition) is 1. The summed E-state index contributed by atoms with van der Waals surface area (Å²) < 4.78 is 5.43. The molecule has 2 aliphatic heterocycles. The first-order valence-electron chi connectivity index (χ1n) is 6.83. The molecule has 0 bridgehead atoms. The number of ether oxygens (including phenoxy) is 1. The highest BCUT2D eigenvalue weighted by molar-refractivity contribution is 5.80. The number of likely N-dealkylation sites (N-methyl/N-ethyl adjacent to an activating group) is 2. The van der Waals surface area contributed by atoms with Crippen LogP contribution >= 0.6 is 0 Å². The van der Waals surface area contributed by atoms with E-state index in [-0.39, 0.29) is 17.9 Å². The van der Waals surface area contributed by atoms with Crippen molar-refractivity contribution >= 4 is 5.91 Å². The van der Waals surface area contributed by atoms with Crippen molar-refractivity contribution in [1.29, 1.82) is 0 Å². The minimum Gasteiger partial charge on any atom is -0.379 e. The highest BCUT2D eigenvalue weighted by atomic mass is 16.5. The van der Waals surface area contributed by atoms with Crippen LogP contribution in [0.2, 0.25) is 0 Å². The smallest absolute Gasteiger partial charge is 0.229 e. The van der Waals surface area contributed by atoms with Gasteiger partial charge in [0.15, 0.2) is 0 Å². The molecule has 2 fully saturated rings. The minimum absolute atomic E-state index is 0.00378. The molecule has 1 N–H and O–H groups in total. The first kappa shape index (κ1) is 13.8. The molecule has 5 nitrogen and oxygen atoms in total. The Labute approximate surface area is 109 Å². The van der Waals surface area contributed by atoms with Gasteiger partial charge >= 0.3 is 0 Å². The van der Waals surface area contributed by atoms with Crippen molar-refractivity contribution in [2.45, 2.75) is 24.9 Å². The Morgan fingerprint density at radius 2 is 2.17 bits per heavy atom. The van der Waals surface area contributed by atoms with E-state index in [2.05, 4.69) is 24.3 Å². The number of nitrogens with one attached hydrogen (secondary N) is 1. The zero-order valence-corrected chi connectivity index (χ0v) is 11.7. The normalized spacial score (nSPS) is 33.1. The van der Waals surface area contributed by atoms with Crippen LogP contribution in [0, 0.1) is 5.92 Å². The predicted molar refractivity (Wildman–Crippen MR) is 70.4 cm³/mol. The standard InChI is InChI=1S/C13H25N3O2/c1-14-12-9-18-8-11(12)13(17)16-6-4-5-10(7-16)15(2)3/h10-12,14H,4-9H2,1-3H3. The summed E-state index contributed by atoms with van der Waals surface area (Å²) in [5.74, 6) is 0.259. The van der Waals surface area contributed by atoms with Crippen molar-refractivity contribution in [2.75, 3.05) is 47.4 Å². The van der Waals surface area contributed by atoms with Crippen LogP contribution in [0.5, 0.6) is 0 Å². The van der Waals surface area contributed by atoms with Crippen LogP contribution in [0.3, 0.4) is 0 Å². The Kier molecular flexibility index (Phi) is 4.59. The van der Waals surface area contributed by atoms with E-state index in [0.29, 0.717) is 19.3 Å². The fourth-order valence-electron chi connectivity index (χ4n) is 2.89. The molecule has 2 aliphatic rings. The lowest BCUT2D eigenvalue weighted by atomic mass is 9.98. The number of piperidine rings is 1. The molecule has 104 valence electrons. The molecule has 2 saturated heterocycles. The summed E-state index contributed by atoms with van der Waals surface area (Å²) >= 11 is 0. The topological polar surface area (TPSA) is 44.8 Å². The summed E-state index contributed by atoms with van der Waals surface area (Å²) in [5.41, 5.74) is 0. The molecule has 0 spiro atoms. The zero-order valence-electron chi connectivity index (χ0n) is 11.7. The van der Waals surface area contributed by atoms with Crippen molar-refractivity contribution in [3.63, 3.8) is 0 Å². The molecule has 2 heterocycles. The maximum absolute atomic E-state index is 12.5. The summed E-state index contributed by atoms with van der Waals surface area (Å²) in [5, 5.41) is 3.19. The monoisotopic (exact) mass is 255 g/mol. The molecular formula is C13H25N3O2. The van der Waals surface area contributed by atoms with Gasteiger partial charge in [-0.3, -0.25) is 4.79 Å². The van der Waals surface area contributed by atoms with E-state index in [4.69, 9.17) is 4.74 Å². The van der Waals surface area contributed by atoms with Crippen molar-refractivity contribution in [2.24, 2.45) is 5.92 Å². The Hall–Kier alpha value is -0.650. The van der Waals surface area contributed by atoms with Crippen LogP contribution in [0.15, 0.2) is 0 Å². The number of amides is 1. The van der Waals surface area contributed by atoms with E-state index in [0.717, 1.165) is 19.5 Å². The van der Waals surface area contributed by atoms with Gasteiger partial charge in [0.05, 0.1) is 19.1 Å². The van der Waals surface area contributed by atoms with Crippen LogP contribution in [0.4, 0.5) is 0 Å². The van der Waals surface area contributed by atoms with Gasteiger partial charge in [0.2, 0.25) is 5.91 Å². The van der Waals surface area contributed by atoms with Gasteiger partial charge in [0.25, 0.3) is 0 Å². The van der Waals surface area contributed by atoms with Crippen LogP contribution in [-0.2, 0) is 9.53 Å². The van der Waals surface area contributed by atoms with Crippen molar-refractivity contribution in [3.8, 4) is 0 Å². The number of nitrogens with zero attached hydrogens (tertiary/aromatic N) is 2. The lowest BCUT2D eigenvalue weighted by Gasteiger charge is -2.37. The minimum atomic E-state index is -0.00378. The maximum Gasteiger partial charge on any atom is 0.229 e. The van der Waals surface area contributed by atoms with Crippen LogP contribution in [0.25, 0.3) is 0 Å². The van der Waals surface area contributed by atoms with Gasteiger partial charge < -0.3 is 19.9 Å². The average molecular weight is 255 g/mol. The molecule has 0 aromatic carbocycles. The summed E-state index contributed by atoms with van der Waals surface area (Å²) in [6.45, 7) is 2.97. The van der Waals surface area contributed by atoms with Gasteiger partial charge in [-0.05, 0) is 34.0 Å². The van der Waals surface area contributed by atoms with E-state index in [1.165, 1.54) is 6.42 Å². The van der Waals surface area contributed by atoms with Crippen molar-refractivity contribution in [3.05, 3.63) is 0 Å². The molecule has 18 heavy (non-hydrogen) atoms. The molecule has 1 amide bonds. The largest absolute Gasteiger partial charge is 0.379 e. The van der Waals surface area contributed by atoms with E-state index < -0.39 is 0 Å². The SMILES string of the molecule is CNC1COCC1C(=O)N1CCCC(N(C)C)C1. The first-order valence-corrected chi connectivity index (χ1v) is 6.83. The third kappa shape index (κ3) is 2.84. The molecule has 0 aromatic heterocycles. The molecule has 3 atom stereocenters. The second-order valence-corrected chi connectivity index (χ2v) is 5.58. The third-order valence-corrected chi connectivity index (χ3v) is 4.21. The van der Waals surface area contributed by atoms with Crippen LogP contribution in [-0.4, -0.2) is 75.2 Å². The summed E-state index contributed by atoms with van der Waals surface area (Å²) in [7, 11) is 6.08. The summed E-state index contributed by atoms with van der Waals surface area (Å²) in [6, 6.07) is 0.676. The van der Waals surface area contributed by atoms with E-state index in [1.807, 2.05) is 11.9 Å². The molecule has 0 aromatic rings. The molecule has 3 unspecified atom stereocenters.